The molecule has 3 rings (SSSR count). The number of halogens is 1. The predicted molar refractivity (Wildman–Crippen MR) is 106 cm³/mol. The number of benzene rings is 1. The highest BCUT2D eigenvalue weighted by atomic mass is 35.5. The summed E-state index contributed by atoms with van der Waals surface area (Å²) in [5, 5.41) is 4.75. The SMILES string of the molecule is Cc1cc(C)n(-c2ccc(C(C)NS(=O)(=O)c3cnc(Cl)c(C)c3)cc2)n1. The third kappa shape index (κ3) is 4.21. The van der Waals surface area contributed by atoms with Crippen LogP contribution in [0, 0.1) is 20.8 Å². The molecule has 0 aliphatic carbocycles. The van der Waals surface area contributed by atoms with Crippen molar-refractivity contribution in [3.8, 4) is 5.69 Å². The minimum atomic E-state index is -3.70. The fourth-order valence-corrected chi connectivity index (χ4v) is 4.21. The van der Waals surface area contributed by atoms with Crippen LogP contribution in [0.25, 0.3) is 5.69 Å². The largest absolute Gasteiger partial charge is 0.243 e. The van der Waals surface area contributed by atoms with Gasteiger partial charge in [0.15, 0.2) is 0 Å². The fraction of sp³-hybridized carbons (Fsp3) is 0.263. The van der Waals surface area contributed by atoms with Crippen molar-refractivity contribution in [2.45, 2.75) is 38.6 Å². The summed E-state index contributed by atoms with van der Waals surface area (Å²) in [5.41, 5.74) is 4.38. The van der Waals surface area contributed by atoms with Gasteiger partial charge in [0.2, 0.25) is 10.0 Å². The van der Waals surface area contributed by atoms with E-state index < -0.39 is 16.1 Å². The second-order valence-electron chi connectivity index (χ2n) is 6.55. The molecule has 8 heteroatoms. The molecule has 3 aromatic rings. The second kappa shape index (κ2) is 7.42. The van der Waals surface area contributed by atoms with Gasteiger partial charge in [-0.3, -0.25) is 0 Å². The molecule has 0 radical (unpaired) electrons. The first kappa shape index (κ1) is 19.5. The van der Waals surface area contributed by atoms with Crippen LogP contribution in [0.1, 0.15) is 35.5 Å². The van der Waals surface area contributed by atoms with Crippen molar-refractivity contribution in [3.63, 3.8) is 0 Å². The summed E-state index contributed by atoms with van der Waals surface area (Å²) in [7, 11) is -3.70. The highest BCUT2D eigenvalue weighted by Crippen LogP contribution is 2.21. The van der Waals surface area contributed by atoms with E-state index in [0.29, 0.717) is 10.7 Å². The summed E-state index contributed by atoms with van der Waals surface area (Å²) in [6.45, 7) is 7.45. The monoisotopic (exact) mass is 404 g/mol. The maximum absolute atomic E-state index is 12.6. The van der Waals surface area contributed by atoms with Crippen LogP contribution in [0.3, 0.4) is 0 Å². The smallest absolute Gasteiger partial charge is 0.242 e. The Balaban J connectivity index is 1.80. The molecule has 1 atom stereocenters. The molecule has 2 heterocycles. The van der Waals surface area contributed by atoms with Gasteiger partial charge in [0.05, 0.1) is 11.4 Å². The van der Waals surface area contributed by atoms with Crippen molar-refractivity contribution in [2.24, 2.45) is 0 Å². The van der Waals surface area contributed by atoms with E-state index in [1.54, 1.807) is 13.8 Å². The second-order valence-corrected chi connectivity index (χ2v) is 8.62. The number of nitrogens with zero attached hydrogens (tertiary/aromatic N) is 3. The zero-order valence-electron chi connectivity index (χ0n) is 15.6. The van der Waals surface area contributed by atoms with E-state index in [9.17, 15) is 8.42 Å². The van der Waals surface area contributed by atoms with Crippen molar-refractivity contribution in [1.29, 1.82) is 0 Å². The molecule has 1 N–H and O–H groups in total. The molecule has 0 aliphatic rings. The van der Waals surface area contributed by atoms with Gasteiger partial charge in [0.1, 0.15) is 10.0 Å². The van der Waals surface area contributed by atoms with Crippen LogP contribution >= 0.6 is 11.6 Å². The zero-order valence-corrected chi connectivity index (χ0v) is 17.1. The van der Waals surface area contributed by atoms with Crippen LogP contribution < -0.4 is 4.72 Å². The lowest BCUT2D eigenvalue weighted by molar-refractivity contribution is 0.566. The van der Waals surface area contributed by atoms with Gasteiger partial charge in [-0.15, -0.1) is 0 Å². The van der Waals surface area contributed by atoms with Crippen LogP contribution in [-0.4, -0.2) is 23.2 Å². The number of aromatic nitrogens is 3. The molecule has 142 valence electrons. The van der Waals surface area contributed by atoms with Gasteiger partial charge in [0.25, 0.3) is 0 Å². The fourth-order valence-electron chi connectivity index (χ4n) is 2.84. The number of pyridine rings is 1. The first-order valence-corrected chi connectivity index (χ1v) is 10.3. The van der Waals surface area contributed by atoms with E-state index in [1.165, 1.54) is 12.3 Å². The maximum atomic E-state index is 12.6. The summed E-state index contributed by atoms with van der Waals surface area (Å²) >= 11 is 5.88. The first-order chi connectivity index (χ1) is 12.7. The molecule has 0 saturated heterocycles. The number of nitrogens with one attached hydrogen (secondary N) is 1. The number of rotatable bonds is 5. The van der Waals surface area contributed by atoms with Crippen LogP contribution in [0.4, 0.5) is 0 Å². The third-order valence-corrected chi connectivity index (χ3v) is 6.18. The molecule has 0 fully saturated rings. The number of aryl methyl sites for hydroxylation is 3. The van der Waals surface area contributed by atoms with Gasteiger partial charge in [0, 0.05) is 17.9 Å². The molecule has 2 aromatic heterocycles. The van der Waals surface area contributed by atoms with E-state index in [1.807, 2.05) is 48.9 Å². The lowest BCUT2D eigenvalue weighted by Crippen LogP contribution is -2.27. The Kier molecular flexibility index (Phi) is 5.37. The third-order valence-electron chi connectivity index (χ3n) is 4.28. The van der Waals surface area contributed by atoms with Crippen LogP contribution in [0.2, 0.25) is 5.15 Å². The van der Waals surface area contributed by atoms with E-state index in [0.717, 1.165) is 22.6 Å². The molecule has 6 nitrogen and oxygen atoms in total. The molecule has 0 spiro atoms. The minimum Gasteiger partial charge on any atom is -0.243 e. The highest BCUT2D eigenvalue weighted by Gasteiger charge is 2.20. The lowest BCUT2D eigenvalue weighted by Gasteiger charge is -2.15. The van der Waals surface area contributed by atoms with Crippen LogP contribution in [0.5, 0.6) is 0 Å². The van der Waals surface area contributed by atoms with Crippen molar-refractivity contribution in [1.82, 2.24) is 19.5 Å². The summed E-state index contributed by atoms with van der Waals surface area (Å²) in [4.78, 5) is 4.01. The van der Waals surface area contributed by atoms with Crippen molar-refractivity contribution < 1.29 is 8.42 Å². The average Bonchev–Trinajstić information content (AvgIpc) is 2.95. The molecule has 1 unspecified atom stereocenters. The molecule has 0 aliphatic heterocycles. The van der Waals surface area contributed by atoms with Gasteiger partial charge in [-0.1, -0.05) is 23.7 Å². The summed E-state index contributed by atoms with van der Waals surface area (Å²) in [5.74, 6) is 0. The number of hydrogen-bond acceptors (Lipinski definition) is 4. The molecule has 0 saturated carbocycles. The van der Waals surface area contributed by atoms with Gasteiger partial charge >= 0.3 is 0 Å². The summed E-state index contributed by atoms with van der Waals surface area (Å²) in [6, 6.07) is 10.7. The average molecular weight is 405 g/mol. The van der Waals surface area contributed by atoms with Crippen molar-refractivity contribution >= 4 is 21.6 Å². The predicted octanol–water partition coefficient (Wildman–Crippen LogP) is 3.89. The normalized spacial score (nSPS) is 12.9. The molecular formula is C19H21ClN4O2S. The van der Waals surface area contributed by atoms with E-state index in [-0.39, 0.29) is 4.90 Å². The lowest BCUT2D eigenvalue weighted by atomic mass is 10.1. The van der Waals surface area contributed by atoms with Crippen molar-refractivity contribution in [2.75, 3.05) is 0 Å². The molecule has 0 bridgehead atoms. The molecular weight excluding hydrogens is 384 g/mol. The standard InChI is InChI=1S/C19H21ClN4O2S/c1-12-9-18(11-21-19(12)20)27(25,26)23-15(4)16-5-7-17(8-6-16)24-14(3)10-13(2)22-24/h5-11,15,23H,1-4H3. The Labute approximate surface area is 164 Å². The highest BCUT2D eigenvalue weighted by molar-refractivity contribution is 7.89. The van der Waals surface area contributed by atoms with E-state index in [2.05, 4.69) is 14.8 Å². The number of sulfonamides is 1. The Bertz CT molecular complexity index is 1080. The van der Waals surface area contributed by atoms with Crippen LogP contribution in [-0.2, 0) is 10.0 Å². The van der Waals surface area contributed by atoms with Gasteiger partial charge in [-0.05, 0) is 63.1 Å². The Hall–Kier alpha value is -2.22. The Morgan fingerprint density at radius 2 is 1.78 bits per heavy atom. The Morgan fingerprint density at radius 1 is 1.11 bits per heavy atom. The quantitative estimate of drug-likeness (QED) is 0.654. The van der Waals surface area contributed by atoms with Crippen molar-refractivity contribution in [3.05, 3.63) is 70.3 Å². The molecule has 27 heavy (non-hydrogen) atoms. The van der Waals surface area contributed by atoms with Gasteiger partial charge < -0.3 is 0 Å². The van der Waals surface area contributed by atoms with Gasteiger partial charge in [-0.25, -0.2) is 22.8 Å². The topological polar surface area (TPSA) is 76.9 Å². The maximum Gasteiger partial charge on any atom is 0.242 e. The zero-order chi connectivity index (χ0) is 19.8. The van der Waals surface area contributed by atoms with Gasteiger partial charge in [-0.2, -0.15) is 5.10 Å². The summed E-state index contributed by atoms with van der Waals surface area (Å²) < 4.78 is 29.7. The Morgan fingerprint density at radius 3 is 2.33 bits per heavy atom. The van der Waals surface area contributed by atoms with E-state index in [4.69, 9.17) is 11.6 Å². The van der Waals surface area contributed by atoms with E-state index >= 15 is 0 Å². The first-order valence-electron chi connectivity index (χ1n) is 8.45. The molecule has 0 amide bonds. The summed E-state index contributed by atoms with van der Waals surface area (Å²) in [6.07, 6.45) is 1.26. The van der Waals surface area contributed by atoms with Crippen LogP contribution in [0.15, 0.2) is 47.5 Å². The molecule has 1 aromatic carbocycles. The number of hydrogen-bond donors (Lipinski definition) is 1. The minimum absolute atomic E-state index is 0.0931.